The number of nitrogens with zero attached hydrogens (tertiary/aromatic N) is 3. The Morgan fingerprint density at radius 3 is 2.27 bits per heavy atom. The molecule has 0 unspecified atom stereocenters. The number of benzene rings is 2. The predicted molar refractivity (Wildman–Crippen MR) is 136 cm³/mol. The lowest BCUT2D eigenvalue weighted by atomic mass is 10.1. The summed E-state index contributed by atoms with van der Waals surface area (Å²) in [6, 6.07) is 7.54. The van der Waals surface area contributed by atoms with Gasteiger partial charge in [-0.05, 0) is 44.0 Å². The number of carbonyl (C=O) groups is 2. The summed E-state index contributed by atoms with van der Waals surface area (Å²) in [5, 5.41) is 14.1. The molecule has 0 aromatic heterocycles. The number of non-ortho nitro benzene ring substituents is 1. The summed E-state index contributed by atoms with van der Waals surface area (Å²) < 4.78 is 44.9. The molecule has 0 heterocycles. The largest absolute Gasteiger partial charge is 0.495 e. The van der Waals surface area contributed by atoms with Crippen LogP contribution < -0.4 is 14.4 Å². The second-order valence-electron chi connectivity index (χ2n) is 8.62. The second kappa shape index (κ2) is 12.5. The zero-order valence-electron chi connectivity index (χ0n) is 21.3. The third-order valence-electron chi connectivity index (χ3n) is 5.40. The Morgan fingerprint density at radius 1 is 1.16 bits per heavy atom. The van der Waals surface area contributed by atoms with Gasteiger partial charge in [-0.3, -0.25) is 24.0 Å². The highest BCUT2D eigenvalue weighted by Crippen LogP contribution is 2.34. The summed E-state index contributed by atoms with van der Waals surface area (Å²) in [7, 11) is -2.88. The van der Waals surface area contributed by atoms with Gasteiger partial charge in [0.2, 0.25) is 21.8 Å². The lowest BCUT2D eigenvalue weighted by molar-refractivity contribution is -0.384. The van der Waals surface area contributed by atoms with Gasteiger partial charge in [-0.2, -0.15) is 0 Å². The van der Waals surface area contributed by atoms with Crippen LogP contribution in [0.5, 0.6) is 5.75 Å². The first kappa shape index (κ1) is 29.5. The molecular weight excluding hydrogens is 507 g/mol. The lowest BCUT2D eigenvalue weighted by Crippen LogP contribution is -2.53. The molecule has 0 saturated carbocycles. The van der Waals surface area contributed by atoms with E-state index >= 15 is 0 Å². The summed E-state index contributed by atoms with van der Waals surface area (Å²) in [4.78, 5) is 38.4. The van der Waals surface area contributed by atoms with Gasteiger partial charge in [0.05, 0.1) is 18.3 Å². The molecule has 0 radical (unpaired) electrons. The number of sulfonamides is 1. The van der Waals surface area contributed by atoms with Crippen LogP contribution in [0.3, 0.4) is 0 Å². The van der Waals surface area contributed by atoms with Gasteiger partial charge in [-0.15, -0.1) is 0 Å². The maximum atomic E-state index is 13.6. The van der Waals surface area contributed by atoms with Gasteiger partial charge in [0.15, 0.2) is 0 Å². The van der Waals surface area contributed by atoms with Gasteiger partial charge >= 0.3 is 0 Å². The number of nitro benzene ring substituents is 1. The second-order valence-corrected chi connectivity index (χ2v) is 10.5. The van der Waals surface area contributed by atoms with Crippen molar-refractivity contribution in [2.24, 2.45) is 0 Å². The molecule has 0 saturated heterocycles. The molecule has 2 amide bonds. The number of nitro groups is 1. The molecule has 0 spiro atoms. The van der Waals surface area contributed by atoms with Crippen molar-refractivity contribution in [2.45, 2.75) is 45.8 Å². The Labute approximate surface area is 215 Å². The fourth-order valence-electron chi connectivity index (χ4n) is 3.67. The summed E-state index contributed by atoms with van der Waals surface area (Å²) in [6.07, 6.45) is 1.07. The topological polar surface area (TPSA) is 139 Å². The first-order valence-corrected chi connectivity index (χ1v) is 13.3. The van der Waals surface area contributed by atoms with E-state index < -0.39 is 50.9 Å². The Kier molecular flexibility index (Phi) is 9.95. The molecule has 2 aromatic rings. The standard InChI is InChI=1S/C24H31FN4O7S/c1-6-20(24(31)26-16(2)3)27(14-17-7-9-18(25)10-8-17)23(30)15-28(37(5,34)35)21-13-19(29(32)33)11-12-22(21)36-4/h7-13,16,20H,6,14-15H2,1-5H3,(H,26,31)/t20-/m1/s1. The first-order chi connectivity index (χ1) is 17.3. The number of rotatable bonds is 12. The number of hydrogen-bond donors (Lipinski definition) is 1. The van der Waals surface area contributed by atoms with E-state index in [-0.39, 0.29) is 30.4 Å². The smallest absolute Gasteiger partial charge is 0.271 e. The zero-order valence-corrected chi connectivity index (χ0v) is 22.1. The van der Waals surface area contributed by atoms with E-state index in [2.05, 4.69) is 5.32 Å². The number of anilines is 1. The molecule has 0 fully saturated rings. The molecule has 0 bridgehead atoms. The molecule has 0 aliphatic rings. The Bertz CT molecular complexity index is 1240. The fraction of sp³-hybridized carbons (Fsp3) is 0.417. The zero-order chi connectivity index (χ0) is 27.9. The average molecular weight is 539 g/mol. The van der Waals surface area contributed by atoms with Crippen molar-refractivity contribution in [1.82, 2.24) is 10.2 Å². The lowest BCUT2D eigenvalue weighted by Gasteiger charge is -2.33. The molecule has 0 aliphatic carbocycles. The van der Waals surface area contributed by atoms with Crippen LogP contribution in [-0.2, 0) is 26.2 Å². The van der Waals surface area contributed by atoms with Crippen LogP contribution in [0.2, 0.25) is 0 Å². The highest BCUT2D eigenvalue weighted by molar-refractivity contribution is 7.92. The van der Waals surface area contributed by atoms with E-state index in [0.717, 1.165) is 18.4 Å². The van der Waals surface area contributed by atoms with Crippen molar-refractivity contribution in [2.75, 3.05) is 24.2 Å². The van der Waals surface area contributed by atoms with Gasteiger partial charge < -0.3 is 15.0 Å². The van der Waals surface area contributed by atoms with E-state index in [1.165, 1.54) is 42.3 Å². The monoisotopic (exact) mass is 538 g/mol. The number of halogens is 1. The van der Waals surface area contributed by atoms with Gasteiger partial charge in [0.25, 0.3) is 5.69 Å². The number of amides is 2. The van der Waals surface area contributed by atoms with Crippen LogP contribution in [0, 0.1) is 15.9 Å². The van der Waals surface area contributed by atoms with E-state index in [9.17, 15) is 32.5 Å². The van der Waals surface area contributed by atoms with Gasteiger partial charge in [0, 0.05) is 24.7 Å². The third-order valence-corrected chi connectivity index (χ3v) is 6.53. The summed E-state index contributed by atoms with van der Waals surface area (Å²) >= 11 is 0. The van der Waals surface area contributed by atoms with E-state index in [4.69, 9.17) is 4.74 Å². The molecule has 1 N–H and O–H groups in total. The van der Waals surface area contributed by atoms with E-state index in [1.807, 2.05) is 0 Å². The Balaban J connectivity index is 2.55. The number of carbonyl (C=O) groups excluding carboxylic acids is 2. The number of nitrogens with one attached hydrogen (secondary N) is 1. The number of ether oxygens (including phenoxy) is 1. The van der Waals surface area contributed by atoms with Crippen molar-refractivity contribution < 1.29 is 32.1 Å². The van der Waals surface area contributed by atoms with Crippen molar-refractivity contribution in [3.63, 3.8) is 0 Å². The van der Waals surface area contributed by atoms with Crippen molar-refractivity contribution >= 4 is 33.2 Å². The first-order valence-electron chi connectivity index (χ1n) is 11.4. The normalized spacial score (nSPS) is 12.1. The summed E-state index contributed by atoms with van der Waals surface area (Å²) in [5.74, 6) is -1.66. The predicted octanol–water partition coefficient (Wildman–Crippen LogP) is 2.84. The third kappa shape index (κ3) is 7.87. The van der Waals surface area contributed by atoms with E-state index in [1.54, 1.807) is 20.8 Å². The molecule has 13 heteroatoms. The highest BCUT2D eigenvalue weighted by Gasteiger charge is 2.33. The Morgan fingerprint density at radius 2 is 1.78 bits per heavy atom. The minimum Gasteiger partial charge on any atom is -0.495 e. The van der Waals surface area contributed by atoms with E-state index in [0.29, 0.717) is 9.87 Å². The molecular formula is C24H31FN4O7S. The number of methoxy groups -OCH3 is 1. The van der Waals surface area contributed by atoms with Crippen LogP contribution >= 0.6 is 0 Å². The molecule has 2 aromatic carbocycles. The summed E-state index contributed by atoms with van der Waals surface area (Å²) in [5.41, 5.74) is -0.0823. The average Bonchev–Trinajstić information content (AvgIpc) is 2.81. The Hall–Kier alpha value is -3.74. The fourth-order valence-corrected chi connectivity index (χ4v) is 4.51. The quantitative estimate of drug-likeness (QED) is 0.324. The minimum absolute atomic E-state index is 0.00139. The number of hydrogen-bond acceptors (Lipinski definition) is 7. The molecule has 202 valence electrons. The molecule has 11 nitrogen and oxygen atoms in total. The van der Waals surface area contributed by atoms with Crippen molar-refractivity contribution in [3.8, 4) is 5.75 Å². The molecule has 0 aliphatic heterocycles. The van der Waals surface area contributed by atoms with Crippen molar-refractivity contribution in [1.29, 1.82) is 0 Å². The summed E-state index contributed by atoms with van der Waals surface area (Å²) in [6.45, 7) is 4.36. The van der Waals surface area contributed by atoms with Crippen LogP contribution in [0.25, 0.3) is 0 Å². The van der Waals surface area contributed by atoms with Crippen LogP contribution in [-0.4, -0.2) is 62.0 Å². The SMILES string of the molecule is CC[C@H](C(=O)NC(C)C)N(Cc1ccc(F)cc1)C(=O)CN(c1cc([N+](=O)[O-])ccc1OC)S(C)(=O)=O. The van der Waals surface area contributed by atoms with Crippen molar-refractivity contribution in [3.05, 3.63) is 64.0 Å². The van der Waals surface area contributed by atoms with Gasteiger partial charge in [0.1, 0.15) is 29.8 Å². The van der Waals surface area contributed by atoms with Crippen LogP contribution in [0.4, 0.5) is 15.8 Å². The van der Waals surface area contributed by atoms with Gasteiger partial charge in [-0.1, -0.05) is 19.1 Å². The molecule has 2 rings (SSSR count). The maximum absolute atomic E-state index is 13.6. The maximum Gasteiger partial charge on any atom is 0.271 e. The minimum atomic E-state index is -4.14. The van der Waals surface area contributed by atoms with Crippen LogP contribution in [0.15, 0.2) is 42.5 Å². The van der Waals surface area contributed by atoms with Crippen LogP contribution in [0.1, 0.15) is 32.8 Å². The van der Waals surface area contributed by atoms with Gasteiger partial charge in [-0.25, -0.2) is 12.8 Å². The highest BCUT2D eigenvalue weighted by atomic mass is 32.2. The molecule has 37 heavy (non-hydrogen) atoms. The molecule has 1 atom stereocenters.